The van der Waals surface area contributed by atoms with Crippen LogP contribution in [-0.4, -0.2) is 27.0 Å². The van der Waals surface area contributed by atoms with Crippen molar-refractivity contribution in [3.05, 3.63) is 81.3 Å². The van der Waals surface area contributed by atoms with Crippen LogP contribution in [0.2, 0.25) is 0 Å². The Morgan fingerprint density at radius 2 is 1.85 bits per heavy atom. The molecule has 1 heterocycles. The van der Waals surface area contributed by atoms with Crippen LogP contribution in [0.15, 0.2) is 62.8 Å². The second-order valence-electron chi connectivity index (χ2n) is 5.91. The molecule has 3 aromatic rings. The van der Waals surface area contributed by atoms with Crippen molar-refractivity contribution in [2.24, 2.45) is 5.16 Å². The Kier molecular flexibility index (Phi) is 6.08. The molecule has 0 aliphatic rings. The second-order valence-corrected chi connectivity index (χ2v) is 6.76. The molecule has 27 heavy (non-hydrogen) atoms. The number of hydrogen-bond donors (Lipinski definition) is 1. The standard InChI is InChI=1S/C19H15BrFN3O3/c20-15-9-13(6-7-16(15)21)10-17(22-26)19-18(23-27-24-19)11-14(25)8-12-4-2-1-3-5-12/h1-7,9,26H,8,10-11H2/b22-17+. The molecule has 0 spiro atoms. The minimum atomic E-state index is -0.392. The maximum absolute atomic E-state index is 13.4. The summed E-state index contributed by atoms with van der Waals surface area (Å²) in [5, 5.41) is 20.2. The van der Waals surface area contributed by atoms with Crippen LogP contribution >= 0.6 is 15.9 Å². The number of aromatic nitrogens is 2. The predicted octanol–water partition coefficient (Wildman–Crippen LogP) is 3.75. The topological polar surface area (TPSA) is 88.6 Å². The molecule has 0 atom stereocenters. The van der Waals surface area contributed by atoms with Gasteiger partial charge in [-0.3, -0.25) is 4.79 Å². The number of hydrogen-bond acceptors (Lipinski definition) is 6. The Morgan fingerprint density at radius 1 is 1.07 bits per heavy atom. The van der Waals surface area contributed by atoms with Crippen molar-refractivity contribution in [3.8, 4) is 0 Å². The van der Waals surface area contributed by atoms with Gasteiger partial charge < -0.3 is 5.21 Å². The number of nitrogens with zero attached hydrogens (tertiary/aromatic N) is 3. The van der Waals surface area contributed by atoms with Crippen molar-refractivity contribution in [1.82, 2.24) is 10.3 Å². The van der Waals surface area contributed by atoms with E-state index in [0.717, 1.165) is 5.56 Å². The van der Waals surface area contributed by atoms with Crippen molar-refractivity contribution in [2.45, 2.75) is 19.3 Å². The monoisotopic (exact) mass is 431 g/mol. The van der Waals surface area contributed by atoms with E-state index < -0.39 is 5.82 Å². The number of ketones is 1. The molecule has 6 nitrogen and oxygen atoms in total. The first-order valence-corrected chi connectivity index (χ1v) is 8.88. The van der Waals surface area contributed by atoms with Gasteiger partial charge in [0, 0.05) is 12.8 Å². The molecule has 8 heteroatoms. The SMILES string of the molecule is O=C(Cc1ccccc1)Cc1nonc1/C(Cc1ccc(F)c(Br)c1)=N/O. The minimum absolute atomic E-state index is 0.000139. The summed E-state index contributed by atoms with van der Waals surface area (Å²) < 4.78 is 18.4. The Labute approximate surface area is 162 Å². The highest BCUT2D eigenvalue weighted by atomic mass is 79.9. The van der Waals surface area contributed by atoms with Gasteiger partial charge in [-0.05, 0) is 44.3 Å². The molecular formula is C19H15BrFN3O3. The lowest BCUT2D eigenvalue weighted by molar-refractivity contribution is -0.117. The maximum atomic E-state index is 13.4. The first-order chi connectivity index (χ1) is 13.1. The molecule has 1 N–H and O–H groups in total. The molecule has 0 saturated heterocycles. The summed E-state index contributed by atoms with van der Waals surface area (Å²) in [7, 11) is 0. The van der Waals surface area contributed by atoms with E-state index in [1.54, 1.807) is 12.1 Å². The van der Waals surface area contributed by atoms with Crippen LogP contribution in [0.4, 0.5) is 4.39 Å². The normalized spacial score (nSPS) is 11.6. The largest absolute Gasteiger partial charge is 0.411 e. The molecule has 0 radical (unpaired) electrons. The molecular weight excluding hydrogens is 417 g/mol. The van der Waals surface area contributed by atoms with Crippen LogP contribution in [0.5, 0.6) is 0 Å². The van der Waals surface area contributed by atoms with Crippen molar-refractivity contribution >= 4 is 27.4 Å². The molecule has 0 fully saturated rings. The minimum Gasteiger partial charge on any atom is -0.411 e. The van der Waals surface area contributed by atoms with Crippen LogP contribution in [0.3, 0.4) is 0 Å². The Morgan fingerprint density at radius 3 is 2.56 bits per heavy atom. The number of halogens is 2. The van der Waals surface area contributed by atoms with E-state index in [1.807, 2.05) is 30.3 Å². The fourth-order valence-electron chi connectivity index (χ4n) is 2.62. The lowest BCUT2D eigenvalue weighted by Crippen LogP contribution is -2.13. The first kappa shape index (κ1) is 18.9. The van der Waals surface area contributed by atoms with E-state index in [2.05, 4.69) is 31.4 Å². The lowest BCUT2D eigenvalue weighted by Gasteiger charge is -2.05. The summed E-state index contributed by atoms with van der Waals surface area (Å²) >= 11 is 3.12. The molecule has 0 aliphatic heterocycles. The lowest BCUT2D eigenvalue weighted by atomic mass is 10.0. The average molecular weight is 432 g/mol. The molecule has 1 aromatic heterocycles. The number of Topliss-reactive ketones (excluding diaryl/α,β-unsaturated/α-hetero) is 1. The van der Waals surface area contributed by atoms with Crippen molar-refractivity contribution in [3.63, 3.8) is 0 Å². The number of oxime groups is 1. The van der Waals surface area contributed by atoms with E-state index in [4.69, 9.17) is 4.63 Å². The van der Waals surface area contributed by atoms with Crippen LogP contribution in [0.1, 0.15) is 22.5 Å². The maximum Gasteiger partial charge on any atom is 0.156 e. The number of rotatable bonds is 7. The van der Waals surface area contributed by atoms with Gasteiger partial charge in [0.1, 0.15) is 23.0 Å². The highest BCUT2D eigenvalue weighted by Gasteiger charge is 2.20. The number of benzene rings is 2. The number of carbonyl (C=O) groups is 1. The zero-order valence-electron chi connectivity index (χ0n) is 14.1. The van der Waals surface area contributed by atoms with Gasteiger partial charge in [0.2, 0.25) is 0 Å². The fourth-order valence-corrected chi connectivity index (χ4v) is 3.05. The fraction of sp³-hybridized carbons (Fsp3) is 0.158. The summed E-state index contributed by atoms with van der Waals surface area (Å²) in [5.41, 5.74) is 2.27. The van der Waals surface area contributed by atoms with Gasteiger partial charge in [-0.25, -0.2) is 9.02 Å². The van der Waals surface area contributed by atoms with Gasteiger partial charge in [0.05, 0.1) is 10.9 Å². The number of carbonyl (C=O) groups excluding carboxylic acids is 1. The zero-order valence-corrected chi connectivity index (χ0v) is 15.7. The van der Waals surface area contributed by atoms with Gasteiger partial charge in [-0.2, -0.15) is 0 Å². The van der Waals surface area contributed by atoms with E-state index in [9.17, 15) is 14.4 Å². The van der Waals surface area contributed by atoms with Crippen molar-refractivity contribution in [2.75, 3.05) is 0 Å². The smallest absolute Gasteiger partial charge is 0.156 e. The van der Waals surface area contributed by atoms with Gasteiger partial charge in [-0.1, -0.05) is 46.7 Å². The summed E-state index contributed by atoms with van der Waals surface area (Å²) in [4.78, 5) is 12.3. The Hall–Kier alpha value is -2.87. The summed E-state index contributed by atoms with van der Waals surface area (Å²) in [6, 6.07) is 13.8. The molecule has 0 amide bonds. The first-order valence-electron chi connectivity index (χ1n) is 8.09. The van der Waals surface area contributed by atoms with Gasteiger partial charge in [0.25, 0.3) is 0 Å². The molecule has 0 saturated carbocycles. The van der Waals surface area contributed by atoms with E-state index in [1.165, 1.54) is 6.07 Å². The zero-order chi connectivity index (χ0) is 19.2. The molecule has 0 aliphatic carbocycles. The third kappa shape index (κ3) is 4.85. The van der Waals surface area contributed by atoms with Crippen LogP contribution < -0.4 is 0 Å². The van der Waals surface area contributed by atoms with Crippen molar-refractivity contribution in [1.29, 1.82) is 0 Å². The summed E-state index contributed by atoms with van der Waals surface area (Å²) in [6.07, 6.45) is 0.424. The molecule has 0 bridgehead atoms. The van der Waals surface area contributed by atoms with E-state index >= 15 is 0 Å². The molecule has 0 unspecified atom stereocenters. The van der Waals surface area contributed by atoms with Gasteiger partial charge in [-0.15, -0.1) is 0 Å². The highest BCUT2D eigenvalue weighted by molar-refractivity contribution is 9.10. The third-order valence-corrected chi connectivity index (χ3v) is 4.52. The highest BCUT2D eigenvalue weighted by Crippen LogP contribution is 2.19. The van der Waals surface area contributed by atoms with Crippen LogP contribution in [0.25, 0.3) is 0 Å². The molecule has 3 rings (SSSR count). The Balaban J connectivity index is 1.74. The third-order valence-electron chi connectivity index (χ3n) is 3.91. The summed E-state index contributed by atoms with van der Waals surface area (Å²) in [5.74, 6) is -0.462. The molecule has 138 valence electrons. The molecule has 2 aromatic carbocycles. The van der Waals surface area contributed by atoms with E-state index in [-0.39, 0.29) is 36.5 Å². The second kappa shape index (κ2) is 8.68. The van der Waals surface area contributed by atoms with Gasteiger partial charge >= 0.3 is 0 Å². The van der Waals surface area contributed by atoms with Crippen LogP contribution in [-0.2, 0) is 24.1 Å². The van der Waals surface area contributed by atoms with Gasteiger partial charge in [0.15, 0.2) is 5.69 Å². The van der Waals surface area contributed by atoms with E-state index in [0.29, 0.717) is 15.7 Å². The average Bonchev–Trinajstić information content (AvgIpc) is 3.11. The Bertz CT molecular complexity index is 973. The van der Waals surface area contributed by atoms with Crippen LogP contribution in [0, 0.1) is 5.82 Å². The predicted molar refractivity (Wildman–Crippen MR) is 99.3 cm³/mol. The van der Waals surface area contributed by atoms with Crippen molar-refractivity contribution < 1.29 is 19.0 Å². The quantitative estimate of drug-likeness (QED) is 0.349. The summed E-state index contributed by atoms with van der Waals surface area (Å²) in [6.45, 7) is 0.